The van der Waals surface area contributed by atoms with Crippen molar-refractivity contribution in [3.8, 4) is 0 Å². The predicted octanol–water partition coefficient (Wildman–Crippen LogP) is 5.11. The third-order valence-electron chi connectivity index (χ3n) is 4.31. The van der Waals surface area contributed by atoms with Gasteiger partial charge in [0.15, 0.2) is 0 Å². The molecule has 1 fully saturated rings. The van der Waals surface area contributed by atoms with E-state index in [1.807, 2.05) is 0 Å². The number of halogens is 1. The van der Waals surface area contributed by atoms with Gasteiger partial charge in [0, 0.05) is 35.3 Å². The molecule has 0 aromatic heterocycles. The molecule has 0 saturated carbocycles. The minimum absolute atomic E-state index is 0.522. The first kappa shape index (κ1) is 16.8. The van der Waals surface area contributed by atoms with E-state index < -0.39 is 0 Å². The Morgan fingerprint density at radius 1 is 1.33 bits per heavy atom. The van der Waals surface area contributed by atoms with Crippen LogP contribution in [0.15, 0.2) is 22.7 Å². The predicted molar refractivity (Wildman–Crippen MR) is 96.0 cm³/mol. The van der Waals surface area contributed by atoms with Crippen LogP contribution in [0.1, 0.15) is 58.4 Å². The maximum absolute atomic E-state index is 3.65. The van der Waals surface area contributed by atoms with Gasteiger partial charge in [-0.2, -0.15) is 0 Å². The van der Waals surface area contributed by atoms with Crippen molar-refractivity contribution in [2.45, 2.75) is 71.5 Å². The normalized spacial score (nSPS) is 19.3. The molecule has 3 heteroatoms. The van der Waals surface area contributed by atoms with Crippen LogP contribution in [0.25, 0.3) is 0 Å². The molecule has 0 bridgehead atoms. The minimum atomic E-state index is 0.522. The smallest absolute Gasteiger partial charge is 0.0425 e. The molecule has 1 unspecified atom stereocenters. The molecule has 1 atom stereocenters. The van der Waals surface area contributed by atoms with Gasteiger partial charge in [0.1, 0.15) is 0 Å². The van der Waals surface area contributed by atoms with Gasteiger partial charge in [-0.25, -0.2) is 0 Å². The van der Waals surface area contributed by atoms with Crippen LogP contribution in [0.2, 0.25) is 0 Å². The van der Waals surface area contributed by atoms with Crippen molar-refractivity contribution in [1.29, 1.82) is 0 Å². The summed E-state index contributed by atoms with van der Waals surface area (Å²) in [4.78, 5) is 2.66. The lowest BCUT2D eigenvalue weighted by molar-refractivity contribution is 0.433. The highest BCUT2D eigenvalue weighted by molar-refractivity contribution is 9.10. The number of piperidine rings is 1. The van der Waals surface area contributed by atoms with Crippen molar-refractivity contribution >= 4 is 21.6 Å². The quantitative estimate of drug-likeness (QED) is 0.765. The van der Waals surface area contributed by atoms with Gasteiger partial charge >= 0.3 is 0 Å². The molecule has 0 radical (unpaired) electrons. The molecule has 2 rings (SSSR count). The Balaban J connectivity index is 2.24. The Kier molecular flexibility index (Phi) is 6.56. The molecule has 21 heavy (non-hydrogen) atoms. The maximum atomic E-state index is 3.65. The van der Waals surface area contributed by atoms with E-state index in [0.29, 0.717) is 6.04 Å². The van der Waals surface area contributed by atoms with Crippen LogP contribution in [0.5, 0.6) is 0 Å². The summed E-state index contributed by atoms with van der Waals surface area (Å²) >= 11 is 3.65. The lowest BCUT2D eigenvalue weighted by Crippen LogP contribution is -2.40. The molecule has 118 valence electrons. The van der Waals surface area contributed by atoms with Crippen molar-refractivity contribution in [3.63, 3.8) is 0 Å². The second kappa shape index (κ2) is 8.19. The Bertz CT molecular complexity index is 443. The summed E-state index contributed by atoms with van der Waals surface area (Å²) in [5.74, 6) is 0. The van der Waals surface area contributed by atoms with Gasteiger partial charge in [-0.3, -0.25) is 0 Å². The number of hydrogen-bond donors (Lipinski definition) is 1. The van der Waals surface area contributed by atoms with Crippen molar-refractivity contribution in [2.24, 2.45) is 0 Å². The number of anilines is 1. The van der Waals surface area contributed by atoms with E-state index in [2.05, 4.69) is 65.1 Å². The van der Waals surface area contributed by atoms with Gasteiger partial charge < -0.3 is 10.2 Å². The van der Waals surface area contributed by atoms with Crippen LogP contribution in [-0.4, -0.2) is 18.6 Å². The molecule has 1 saturated heterocycles. The van der Waals surface area contributed by atoms with Crippen molar-refractivity contribution in [2.75, 3.05) is 11.4 Å². The van der Waals surface area contributed by atoms with Crippen LogP contribution in [0.4, 0.5) is 5.69 Å². The lowest BCUT2D eigenvalue weighted by Gasteiger charge is -2.39. The Morgan fingerprint density at radius 3 is 2.86 bits per heavy atom. The molecule has 1 heterocycles. The molecule has 1 aromatic rings. The van der Waals surface area contributed by atoms with Crippen molar-refractivity contribution < 1.29 is 0 Å². The van der Waals surface area contributed by atoms with Crippen molar-refractivity contribution in [1.82, 2.24) is 5.32 Å². The van der Waals surface area contributed by atoms with Crippen LogP contribution in [0, 0.1) is 0 Å². The van der Waals surface area contributed by atoms with E-state index in [1.165, 1.54) is 54.4 Å². The molecule has 1 aliphatic rings. The zero-order valence-electron chi connectivity index (χ0n) is 13.7. The van der Waals surface area contributed by atoms with Gasteiger partial charge in [0.2, 0.25) is 0 Å². The SMILES string of the molecule is CCCC1CCCCN1c1cc(Br)ccc1CNC(C)C. The highest BCUT2D eigenvalue weighted by Gasteiger charge is 2.23. The van der Waals surface area contributed by atoms with Gasteiger partial charge in [-0.05, 0) is 43.4 Å². The second-order valence-electron chi connectivity index (χ2n) is 6.44. The van der Waals surface area contributed by atoms with E-state index in [9.17, 15) is 0 Å². The summed E-state index contributed by atoms with van der Waals surface area (Å²) < 4.78 is 1.19. The van der Waals surface area contributed by atoms with E-state index in [0.717, 1.165) is 12.6 Å². The Hall–Kier alpha value is -0.540. The highest BCUT2D eigenvalue weighted by atomic mass is 79.9. The van der Waals surface area contributed by atoms with Gasteiger partial charge in [0.05, 0.1) is 0 Å². The fourth-order valence-electron chi connectivity index (χ4n) is 3.22. The van der Waals surface area contributed by atoms with Crippen LogP contribution >= 0.6 is 15.9 Å². The van der Waals surface area contributed by atoms with Crippen molar-refractivity contribution in [3.05, 3.63) is 28.2 Å². The Labute approximate surface area is 138 Å². The summed E-state index contributed by atoms with van der Waals surface area (Å²) in [5, 5.41) is 3.57. The first-order chi connectivity index (χ1) is 10.1. The average molecular weight is 353 g/mol. The summed E-state index contributed by atoms with van der Waals surface area (Å²) in [6, 6.07) is 7.99. The molecule has 0 aliphatic carbocycles. The molecular weight excluding hydrogens is 324 g/mol. The zero-order chi connectivity index (χ0) is 15.2. The van der Waals surface area contributed by atoms with E-state index in [-0.39, 0.29) is 0 Å². The molecule has 2 nitrogen and oxygen atoms in total. The van der Waals surface area contributed by atoms with E-state index in [1.54, 1.807) is 0 Å². The molecule has 1 aromatic carbocycles. The number of nitrogens with zero attached hydrogens (tertiary/aromatic N) is 1. The molecule has 0 amide bonds. The van der Waals surface area contributed by atoms with Crippen LogP contribution in [0.3, 0.4) is 0 Å². The largest absolute Gasteiger partial charge is 0.368 e. The average Bonchev–Trinajstić information content (AvgIpc) is 2.47. The topological polar surface area (TPSA) is 15.3 Å². The summed E-state index contributed by atoms with van der Waals surface area (Å²) in [7, 11) is 0. The molecular formula is C18H29BrN2. The number of rotatable bonds is 6. The highest BCUT2D eigenvalue weighted by Crippen LogP contribution is 2.32. The number of hydrogen-bond acceptors (Lipinski definition) is 2. The molecule has 0 spiro atoms. The third-order valence-corrected chi connectivity index (χ3v) is 4.80. The summed E-state index contributed by atoms with van der Waals surface area (Å²) in [6.45, 7) is 8.87. The Morgan fingerprint density at radius 2 is 2.14 bits per heavy atom. The minimum Gasteiger partial charge on any atom is -0.368 e. The number of benzene rings is 1. The lowest BCUT2D eigenvalue weighted by atomic mass is 9.96. The number of nitrogens with one attached hydrogen (secondary N) is 1. The second-order valence-corrected chi connectivity index (χ2v) is 7.36. The van der Waals surface area contributed by atoms with Crippen LogP contribution < -0.4 is 10.2 Å². The van der Waals surface area contributed by atoms with Gasteiger partial charge in [-0.1, -0.05) is 49.2 Å². The van der Waals surface area contributed by atoms with E-state index >= 15 is 0 Å². The molecule has 1 N–H and O–H groups in total. The summed E-state index contributed by atoms with van der Waals surface area (Å²) in [5.41, 5.74) is 2.85. The van der Waals surface area contributed by atoms with Gasteiger partial charge in [0.25, 0.3) is 0 Å². The third kappa shape index (κ3) is 4.72. The fourth-order valence-corrected chi connectivity index (χ4v) is 3.57. The zero-order valence-corrected chi connectivity index (χ0v) is 15.2. The van der Waals surface area contributed by atoms with E-state index in [4.69, 9.17) is 0 Å². The van der Waals surface area contributed by atoms with Gasteiger partial charge in [-0.15, -0.1) is 0 Å². The summed E-state index contributed by atoms with van der Waals surface area (Å²) in [6.07, 6.45) is 6.63. The first-order valence-corrected chi connectivity index (χ1v) is 9.19. The van der Waals surface area contributed by atoms with Crippen LogP contribution in [-0.2, 0) is 6.54 Å². The molecule has 1 aliphatic heterocycles. The fraction of sp³-hybridized carbons (Fsp3) is 0.667. The maximum Gasteiger partial charge on any atom is 0.0425 e. The standard InChI is InChI=1S/C18H29BrN2/c1-4-7-17-8-5-6-11-21(17)18-12-16(19)10-9-15(18)13-20-14(2)3/h9-10,12,14,17,20H,4-8,11,13H2,1-3H3. The monoisotopic (exact) mass is 352 g/mol. The first-order valence-electron chi connectivity index (χ1n) is 8.40.